The van der Waals surface area contributed by atoms with Crippen molar-refractivity contribution in [3.05, 3.63) is 131 Å². The van der Waals surface area contributed by atoms with Crippen molar-refractivity contribution in [3.8, 4) is 0 Å². The molecule has 2 saturated carbocycles. The van der Waals surface area contributed by atoms with Gasteiger partial charge < -0.3 is 10.6 Å². The first-order valence-corrected chi connectivity index (χ1v) is 16.9. The lowest BCUT2D eigenvalue weighted by Gasteiger charge is -2.43. The van der Waals surface area contributed by atoms with E-state index in [0.29, 0.717) is 41.9 Å². The molecular formula is C36H34F3N3O3S. The van der Waals surface area contributed by atoms with Gasteiger partial charge in [0.05, 0.1) is 10.4 Å². The third-order valence-electron chi connectivity index (χ3n) is 9.81. The number of carbonyl (C=O) groups excluding carboxylic acids is 1. The number of benzene rings is 4. The van der Waals surface area contributed by atoms with Gasteiger partial charge in [0.1, 0.15) is 17.5 Å². The summed E-state index contributed by atoms with van der Waals surface area (Å²) >= 11 is 0. The number of anilines is 1. The first-order chi connectivity index (χ1) is 22.1. The van der Waals surface area contributed by atoms with Gasteiger partial charge in [0.25, 0.3) is 0 Å². The fraction of sp³-hybridized carbons (Fsp3) is 0.306. The van der Waals surface area contributed by atoms with Crippen LogP contribution in [0.1, 0.15) is 48.3 Å². The lowest BCUT2D eigenvalue weighted by atomic mass is 9.88. The normalized spacial score (nSPS) is 21.9. The van der Waals surface area contributed by atoms with Gasteiger partial charge in [0, 0.05) is 42.2 Å². The van der Waals surface area contributed by atoms with E-state index in [9.17, 15) is 22.0 Å². The first kappa shape index (κ1) is 30.7. The molecule has 2 N–H and O–H groups in total. The van der Waals surface area contributed by atoms with E-state index in [0.717, 1.165) is 12.8 Å². The van der Waals surface area contributed by atoms with Crippen LogP contribution in [0.4, 0.5) is 18.9 Å². The van der Waals surface area contributed by atoms with Crippen molar-refractivity contribution in [3.63, 3.8) is 0 Å². The van der Waals surface area contributed by atoms with Crippen molar-refractivity contribution in [1.29, 1.82) is 0 Å². The number of amides is 1. The first-order valence-electron chi connectivity index (χ1n) is 15.5. The van der Waals surface area contributed by atoms with Crippen molar-refractivity contribution in [1.82, 2.24) is 9.62 Å². The average Bonchev–Trinajstić information content (AvgIpc) is 3.96. The standard InChI is InChI=1S/C36H34F3N3O3S/c37-27-13-9-24(10-14-27)30(25-11-15-28(38)16-12-25)20-34(43)41-33-8-4-7-32(39)31(33)19-26-21-36(26)23-40-22-35(17-18-35)42(36)46(44,45)29-5-2-1-3-6-29/h1-16,26,30,40H,17-23H2,(H,41,43)/t26-,36+/m1/s1. The molecule has 3 fully saturated rings. The third kappa shape index (κ3) is 5.63. The van der Waals surface area contributed by atoms with E-state index in [2.05, 4.69) is 10.6 Å². The van der Waals surface area contributed by atoms with Crippen LogP contribution in [0.15, 0.2) is 102 Å². The Morgan fingerprint density at radius 2 is 1.48 bits per heavy atom. The van der Waals surface area contributed by atoms with Crippen LogP contribution in [0.2, 0.25) is 0 Å². The molecular weight excluding hydrogens is 611 g/mol. The molecule has 1 aliphatic heterocycles. The van der Waals surface area contributed by atoms with Crippen LogP contribution in [0.3, 0.4) is 0 Å². The predicted octanol–water partition coefficient (Wildman–Crippen LogP) is 6.39. The van der Waals surface area contributed by atoms with E-state index in [1.165, 1.54) is 36.4 Å². The molecule has 238 valence electrons. The maximum atomic E-state index is 15.5. The molecule has 2 aliphatic carbocycles. The van der Waals surface area contributed by atoms with E-state index in [-0.39, 0.29) is 29.6 Å². The number of nitrogens with one attached hydrogen (secondary N) is 2. The number of piperazine rings is 1. The molecule has 1 amide bonds. The predicted molar refractivity (Wildman–Crippen MR) is 169 cm³/mol. The number of carbonyl (C=O) groups is 1. The van der Waals surface area contributed by atoms with Gasteiger partial charge in [-0.25, -0.2) is 21.6 Å². The van der Waals surface area contributed by atoms with Gasteiger partial charge in [-0.05, 0) is 91.3 Å². The zero-order valence-corrected chi connectivity index (χ0v) is 25.9. The summed E-state index contributed by atoms with van der Waals surface area (Å²) in [6.07, 6.45) is 2.32. The van der Waals surface area contributed by atoms with Crippen molar-refractivity contribution in [2.24, 2.45) is 5.92 Å². The lowest BCUT2D eigenvalue weighted by molar-refractivity contribution is -0.116. The van der Waals surface area contributed by atoms with Gasteiger partial charge in [-0.15, -0.1) is 0 Å². The largest absolute Gasteiger partial charge is 0.326 e. The quantitative estimate of drug-likeness (QED) is 0.221. The molecule has 1 heterocycles. The SMILES string of the molecule is O=C(CC(c1ccc(F)cc1)c1ccc(F)cc1)Nc1cccc(F)c1C[C@@H]1C[C@]12CNCC1(CC1)N2S(=O)(=O)c1ccccc1. The highest BCUT2D eigenvalue weighted by atomic mass is 32.2. The number of sulfonamides is 1. The van der Waals surface area contributed by atoms with Gasteiger partial charge in [-0.2, -0.15) is 4.31 Å². The summed E-state index contributed by atoms with van der Waals surface area (Å²) < 4.78 is 72.8. The van der Waals surface area contributed by atoms with E-state index in [4.69, 9.17) is 0 Å². The summed E-state index contributed by atoms with van der Waals surface area (Å²) in [5.74, 6) is -2.34. The molecule has 4 aromatic rings. The minimum Gasteiger partial charge on any atom is -0.326 e. The van der Waals surface area contributed by atoms with Crippen LogP contribution < -0.4 is 10.6 Å². The lowest BCUT2D eigenvalue weighted by Crippen LogP contribution is -2.63. The van der Waals surface area contributed by atoms with Crippen LogP contribution in [0.25, 0.3) is 0 Å². The molecule has 6 nitrogen and oxygen atoms in total. The topological polar surface area (TPSA) is 78.5 Å². The Labute approximate surface area is 266 Å². The van der Waals surface area contributed by atoms with Crippen molar-refractivity contribution >= 4 is 21.6 Å². The van der Waals surface area contributed by atoms with E-state index in [1.807, 2.05) is 0 Å². The molecule has 46 heavy (non-hydrogen) atoms. The molecule has 2 spiro atoms. The monoisotopic (exact) mass is 645 g/mol. The molecule has 2 atom stereocenters. The van der Waals surface area contributed by atoms with Gasteiger partial charge in [0.15, 0.2) is 0 Å². The van der Waals surface area contributed by atoms with Crippen LogP contribution in [-0.4, -0.2) is 42.8 Å². The van der Waals surface area contributed by atoms with Crippen molar-refractivity contribution < 1.29 is 26.4 Å². The van der Waals surface area contributed by atoms with E-state index < -0.39 is 44.5 Å². The minimum atomic E-state index is -3.81. The summed E-state index contributed by atoms with van der Waals surface area (Å²) in [7, 11) is -3.81. The Morgan fingerprint density at radius 3 is 2.09 bits per heavy atom. The van der Waals surface area contributed by atoms with Crippen molar-refractivity contribution in [2.75, 3.05) is 18.4 Å². The van der Waals surface area contributed by atoms with Crippen LogP contribution in [-0.2, 0) is 21.2 Å². The maximum absolute atomic E-state index is 15.5. The zero-order chi connectivity index (χ0) is 32.1. The Kier molecular flexibility index (Phi) is 7.77. The van der Waals surface area contributed by atoms with Gasteiger partial charge in [0.2, 0.25) is 15.9 Å². The molecule has 4 aromatic carbocycles. The Bertz CT molecular complexity index is 1820. The second-order valence-electron chi connectivity index (χ2n) is 12.8. The molecule has 0 unspecified atom stereocenters. The number of nitrogens with zero attached hydrogens (tertiary/aromatic N) is 1. The third-order valence-corrected chi connectivity index (χ3v) is 11.9. The summed E-state index contributed by atoms with van der Waals surface area (Å²) in [6.45, 7) is 1.05. The highest BCUT2D eigenvalue weighted by Crippen LogP contribution is 2.61. The molecule has 0 bridgehead atoms. The van der Waals surface area contributed by atoms with E-state index in [1.54, 1.807) is 65.0 Å². The summed E-state index contributed by atoms with van der Waals surface area (Å²) in [5, 5.41) is 6.35. The minimum absolute atomic E-state index is 0.0455. The smallest absolute Gasteiger partial charge is 0.244 e. The van der Waals surface area contributed by atoms with Crippen LogP contribution >= 0.6 is 0 Å². The number of rotatable bonds is 9. The molecule has 7 rings (SSSR count). The highest BCUT2D eigenvalue weighted by Gasteiger charge is 2.71. The molecule has 10 heteroatoms. The molecule has 1 saturated heterocycles. The van der Waals surface area contributed by atoms with Crippen molar-refractivity contribution in [2.45, 2.75) is 54.0 Å². The number of hydrogen-bond acceptors (Lipinski definition) is 4. The summed E-state index contributed by atoms with van der Waals surface area (Å²) in [6, 6.07) is 24.6. The maximum Gasteiger partial charge on any atom is 0.244 e. The highest BCUT2D eigenvalue weighted by molar-refractivity contribution is 7.89. The Balaban J connectivity index is 1.14. The van der Waals surface area contributed by atoms with Crippen LogP contribution in [0.5, 0.6) is 0 Å². The van der Waals surface area contributed by atoms with Gasteiger partial charge in [-0.3, -0.25) is 4.79 Å². The fourth-order valence-corrected chi connectivity index (χ4v) is 9.51. The number of hydrogen-bond donors (Lipinski definition) is 2. The molecule has 0 aromatic heterocycles. The zero-order valence-electron chi connectivity index (χ0n) is 25.1. The van der Waals surface area contributed by atoms with Gasteiger partial charge in [-0.1, -0.05) is 48.5 Å². The fourth-order valence-electron chi connectivity index (χ4n) is 7.27. The van der Waals surface area contributed by atoms with E-state index >= 15 is 4.39 Å². The Hall–Kier alpha value is -3.99. The summed E-state index contributed by atoms with van der Waals surface area (Å²) in [5.41, 5.74) is 0.839. The van der Waals surface area contributed by atoms with Gasteiger partial charge >= 0.3 is 0 Å². The van der Waals surface area contributed by atoms with Crippen LogP contribution in [0, 0.1) is 23.4 Å². The Morgan fingerprint density at radius 1 is 0.848 bits per heavy atom. The molecule has 3 aliphatic rings. The molecule has 0 radical (unpaired) electrons. The average molecular weight is 646 g/mol. The second-order valence-corrected chi connectivity index (χ2v) is 14.6. The second kappa shape index (κ2) is 11.7. The number of halogens is 3. The summed E-state index contributed by atoms with van der Waals surface area (Å²) in [4.78, 5) is 13.8.